The van der Waals surface area contributed by atoms with Gasteiger partial charge < -0.3 is 5.11 Å². The van der Waals surface area contributed by atoms with Gasteiger partial charge in [0.2, 0.25) is 0 Å². The molecular weight excluding hydrogens is 355 g/mol. The Labute approximate surface area is 147 Å². The van der Waals surface area contributed by atoms with E-state index >= 15 is 0 Å². The molecule has 3 rings (SSSR count). The summed E-state index contributed by atoms with van der Waals surface area (Å²) in [5.74, 6) is 0. The van der Waals surface area contributed by atoms with Crippen LogP contribution in [0.2, 0.25) is 10.0 Å². The van der Waals surface area contributed by atoms with Crippen LogP contribution in [0.4, 0.5) is 0 Å². The first-order chi connectivity index (χ1) is 10.5. The summed E-state index contributed by atoms with van der Waals surface area (Å²) < 4.78 is 0. The zero-order valence-electron chi connectivity index (χ0n) is 11.8. The second-order valence-electron chi connectivity index (χ2n) is 5.29. The minimum atomic E-state index is -1.03. The first-order valence-electron chi connectivity index (χ1n) is 6.76. The van der Waals surface area contributed by atoms with Gasteiger partial charge in [-0.05, 0) is 47.5 Å². The number of benzene rings is 1. The Bertz CT molecular complexity index is 756. The van der Waals surface area contributed by atoms with Crippen LogP contribution in [-0.4, -0.2) is 5.11 Å². The molecule has 2 aromatic heterocycles. The molecule has 0 aliphatic rings. The molecular formula is C17H14Cl2OS2. The van der Waals surface area contributed by atoms with Gasteiger partial charge in [0, 0.05) is 26.9 Å². The van der Waals surface area contributed by atoms with Crippen LogP contribution in [0.25, 0.3) is 9.75 Å². The highest BCUT2D eigenvalue weighted by atomic mass is 35.5. The summed E-state index contributed by atoms with van der Waals surface area (Å²) in [6.07, 6.45) is 0.376. The van der Waals surface area contributed by atoms with E-state index in [2.05, 4.69) is 6.07 Å². The van der Waals surface area contributed by atoms with Gasteiger partial charge in [-0.1, -0.05) is 35.3 Å². The summed E-state index contributed by atoms with van der Waals surface area (Å²) >= 11 is 15.8. The summed E-state index contributed by atoms with van der Waals surface area (Å²) in [4.78, 5) is 2.26. The third-order valence-electron chi connectivity index (χ3n) is 3.57. The van der Waals surface area contributed by atoms with Crippen molar-refractivity contribution in [3.63, 3.8) is 0 Å². The van der Waals surface area contributed by atoms with Crippen molar-refractivity contribution in [1.82, 2.24) is 0 Å². The monoisotopic (exact) mass is 368 g/mol. The number of aliphatic hydroxyl groups is 1. The summed E-state index contributed by atoms with van der Waals surface area (Å²) in [5, 5.41) is 16.3. The van der Waals surface area contributed by atoms with E-state index in [-0.39, 0.29) is 0 Å². The van der Waals surface area contributed by atoms with Crippen molar-refractivity contribution in [3.05, 3.63) is 68.3 Å². The van der Waals surface area contributed by atoms with Gasteiger partial charge in [0.15, 0.2) is 0 Å². The average Bonchev–Trinajstić information content (AvgIpc) is 3.12. The Morgan fingerprint density at radius 2 is 1.73 bits per heavy atom. The van der Waals surface area contributed by atoms with Crippen LogP contribution in [0, 0.1) is 0 Å². The molecule has 5 heteroatoms. The highest BCUT2D eigenvalue weighted by Crippen LogP contribution is 2.41. The molecule has 0 aliphatic heterocycles. The molecule has 1 N–H and O–H groups in total. The zero-order valence-corrected chi connectivity index (χ0v) is 15.0. The zero-order chi connectivity index (χ0) is 15.7. The third-order valence-corrected chi connectivity index (χ3v) is 6.25. The average molecular weight is 369 g/mol. The second-order valence-corrected chi connectivity index (χ2v) is 7.97. The van der Waals surface area contributed by atoms with Crippen LogP contribution in [0.5, 0.6) is 0 Å². The lowest BCUT2D eigenvalue weighted by Crippen LogP contribution is -2.24. The fraction of sp³-hybridized carbons (Fsp3) is 0.176. The van der Waals surface area contributed by atoms with Gasteiger partial charge in [0.1, 0.15) is 0 Å². The van der Waals surface area contributed by atoms with Crippen LogP contribution in [0.15, 0.2) is 47.2 Å². The van der Waals surface area contributed by atoms with E-state index in [0.29, 0.717) is 16.5 Å². The summed E-state index contributed by atoms with van der Waals surface area (Å²) in [6.45, 7) is 1.81. The minimum absolute atomic E-state index is 0.376. The Morgan fingerprint density at radius 1 is 1.00 bits per heavy atom. The first kappa shape index (κ1) is 16.0. The number of rotatable bonds is 4. The van der Waals surface area contributed by atoms with Crippen molar-refractivity contribution in [2.75, 3.05) is 0 Å². The number of hydrogen-bond donors (Lipinski definition) is 1. The van der Waals surface area contributed by atoms with Crippen molar-refractivity contribution in [2.24, 2.45) is 0 Å². The molecule has 0 spiro atoms. The Hall–Kier alpha value is -0.840. The first-order valence-corrected chi connectivity index (χ1v) is 9.27. The Kier molecular flexibility index (Phi) is 4.62. The predicted molar refractivity (Wildman–Crippen MR) is 97.4 cm³/mol. The van der Waals surface area contributed by atoms with Crippen LogP contribution >= 0.6 is 45.9 Å². The normalized spacial score (nSPS) is 14.0. The quantitative estimate of drug-likeness (QED) is 0.578. The molecule has 1 aromatic carbocycles. The van der Waals surface area contributed by atoms with Gasteiger partial charge in [-0.25, -0.2) is 0 Å². The maximum absolute atomic E-state index is 11.1. The number of thiophene rings is 2. The fourth-order valence-corrected chi connectivity index (χ4v) is 4.91. The van der Waals surface area contributed by atoms with E-state index in [0.717, 1.165) is 20.9 Å². The maximum atomic E-state index is 11.1. The summed E-state index contributed by atoms with van der Waals surface area (Å²) in [6, 6.07) is 11.5. The van der Waals surface area contributed by atoms with Gasteiger partial charge in [-0.3, -0.25) is 0 Å². The van der Waals surface area contributed by atoms with Gasteiger partial charge >= 0.3 is 0 Å². The van der Waals surface area contributed by atoms with Gasteiger partial charge in [-0.15, -0.1) is 22.7 Å². The predicted octanol–water partition coefficient (Wildman–Crippen LogP) is 6.23. The Morgan fingerprint density at radius 3 is 2.36 bits per heavy atom. The Balaban J connectivity index is 1.99. The fourth-order valence-electron chi connectivity index (χ4n) is 2.47. The standard InChI is InChI=1S/C17H14Cl2OS2/c1-17(20,10-11-13(18)4-2-5-14(11)19)12-7-9-22-16(12)15-6-3-8-21-15/h2-9,20H,10H2,1H3. The molecule has 0 saturated carbocycles. The molecule has 0 amide bonds. The second kappa shape index (κ2) is 6.34. The lowest BCUT2D eigenvalue weighted by molar-refractivity contribution is 0.0587. The van der Waals surface area contributed by atoms with Crippen molar-refractivity contribution < 1.29 is 5.11 Å². The van der Waals surface area contributed by atoms with E-state index in [9.17, 15) is 5.11 Å². The number of halogens is 2. The maximum Gasteiger partial charge on any atom is 0.0924 e. The molecule has 2 heterocycles. The molecule has 1 atom stereocenters. The lowest BCUT2D eigenvalue weighted by Gasteiger charge is -2.25. The van der Waals surface area contributed by atoms with Gasteiger partial charge in [0.05, 0.1) is 10.5 Å². The molecule has 0 bridgehead atoms. The largest absolute Gasteiger partial charge is 0.385 e. The van der Waals surface area contributed by atoms with Crippen LogP contribution in [-0.2, 0) is 12.0 Å². The molecule has 0 fully saturated rings. The van der Waals surface area contributed by atoms with Crippen molar-refractivity contribution in [1.29, 1.82) is 0 Å². The molecule has 1 nitrogen and oxygen atoms in total. The van der Waals surface area contributed by atoms with E-state index < -0.39 is 5.60 Å². The van der Waals surface area contributed by atoms with E-state index in [1.807, 2.05) is 35.9 Å². The van der Waals surface area contributed by atoms with Crippen molar-refractivity contribution in [3.8, 4) is 9.75 Å². The lowest BCUT2D eigenvalue weighted by atomic mass is 9.89. The van der Waals surface area contributed by atoms with Crippen LogP contribution < -0.4 is 0 Å². The molecule has 22 heavy (non-hydrogen) atoms. The highest BCUT2D eigenvalue weighted by Gasteiger charge is 2.29. The minimum Gasteiger partial charge on any atom is -0.385 e. The van der Waals surface area contributed by atoms with E-state index in [1.165, 1.54) is 0 Å². The SMILES string of the molecule is CC(O)(Cc1c(Cl)cccc1Cl)c1ccsc1-c1cccs1. The topological polar surface area (TPSA) is 20.2 Å². The van der Waals surface area contributed by atoms with Crippen molar-refractivity contribution >= 4 is 45.9 Å². The van der Waals surface area contributed by atoms with Gasteiger partial charge in [0.25, 0.3) is 0 Å². The summed E-state index contributed by atoms with van der Waals surface area (Å²) in [5.41, 5.74) is 0.656. The molecule has 1 unspecified atom stereocenters. The van der Waals surface area contributed by atoms with E-state index in [4.69, 9.17) is 23.2 Å². The summed E-state index contributed by atoms with van der Waals surface area (Å²) in [7, 11) is 0. The smallest absolute Gasteiger partial charge is 0.0924 e. The van der Waals surface area contributed by atoms with E-state index in [1.54, 1.807) is 34.8 Å². The molecule has 114 valence electrons. The van der Waals surface area contributed by atoms with Crippen molar-refractivity contribution in [2.45, 2.75) is 18.9 Å². The molecule has 0 radical (unpaired) electrons. The van der Waals surface area contributed by atoms with Crippen LogP contribution in [0.3, 0.4) is 0 Å². The molecule has 0 saturated heterocycles. The van der Waals surface area contributed by atoms with Gasteiger partial charge in [-0.2, -0.15) is 0 Å². The number of hydrogen-bond acceptors (Lipinski definition) is 3. The highest BCUT2D eigenvalue weighted by molar-refractivity contribution is 7.20. The third kappa shape index (κ3) is 3.10. The molecule has 3 aromatic rings. The van der Waals surface area contributed by atoms with Crippen LogP contribution in [0.1, 0.15) is 18.1 Å². The molecule has 0 aliphatic carbocycles.